The third-order valence-electron chi connectivity index (χ3n) is 7.81. The lowest BCUT2D eigenvalue weighted by Gasteiger charge is -2.32. The van der Waals surface area contributed by atoms with E-state index in [1.165, 1.54) is 12.0 Å². The number of amides is 2. The van der Waals surface area contributed by atoms with Crippen LogP contribution >= 0.6 is 0 Å². The highest BCUT2D eigenvalue weighted by Gasteiger charge is 2.53. The van der Waals surface area contributed by atoms with Crippen molar-refractivity contribution in [2.75, 3.05) is 39.9 Å². The molecule has 1 unspecified atom stereocenters. The fraction of sp³-hybridized carbons (Fsp3) is 0.679. The van der Waals surface area contributed by atoms with Crippen LogP contribution in [-0.2, 0) is 19.1 Å². The summed E-state index contributed by atoms with van der Waals surface area (Å²) in [5.41, 5.74) is 1.81. The van der Waals surface area contributed by atoms with Gasteiger partial charge in [-0.15, -0.1) is 0 Å². The first-order valence-corrected chi connectivity index (χ1v) is 13.4. The summed E-state index contributed by atoms with van der Waals surface area (Å²) < 4.78 is 11.1. The number of hydrogen-bond donors (Lipinski definition) is 1. The Bertz CT molecular complexity index is 926. The molecular formula is C28H41N3O5. The van der Waals surface area contributed by atoms with E-state index in [1.54, 1.807) is 12.0 Å². The monoisotopic (exact) mass is 499 g/mol. The highest BCUT2D eigenvalue weighted by molar-refractivity contribution is 5.99. The summed E-state index contributed by atoms with van der Waals surface area (Å²) >= 11 is 0. The van der Waals surface area contributed by atoms with Gasteiger partial charge >= 0.3 is 0 Å². The summed E-state index contributed by atoms with van der Waals surface area (Å²) in [4.78, 5) is 43.3. The van der Waals surface area contributed by atoms with Crippen LogP contribution in [0.4, 0.5) is 0 Å². The lowest BCUT2D eigenvalue weighted by molar-refractivity contribution is -0.138. The van der Waals surface area contributed by atoms with Crippen molar-refractivity contribution in [3.05, 3.63) is 35.4 Å². The number of methoxy groups -OCH3 is 1. The van der Waals surface area contributed by atoms with Crippen LogP contribution in [0.25, 0.3) is 0 Å². The van der Waals surface area contributed by atoms with Crippen molar-refractivity contribution in [1.29, 1.82) is 0 Å². The predicted octanol–water partition coefficient (Wildman–Crippen LogP) is 2.61. The number of rotatable bonds is 9. The number of nitrogens with zero attached hydrogens (tertiary/aromatic N) is 2. The van der Waals surface area contributed by atoms with Gasteiger partial charge in [-0.1, -0.05) is 32.9 Å². The van der Waals surface area contributed by atoms with E-state index in [1.807, 2.05) is 26.0 Å². The van der Waals surface area contributed by atoms with Crippen LogP contribution in [-0.4, -0.2) is 91.6 Å². The van der Waals surface area contributed by atoms with E-state index in [2.05, 4.69) is 29.3 Å². The molecule has 198 valence electrons. The molecule has 0 bridgehead atoms. The molecule has 2 amide bonds. The first kappa shape index (κ1) is 26.8. The molecule has 3 heterocycles. The maximum atomic E-state index is 13.6. The fourth-order valence-corrected chi connectivity index (χ4v) is 5.89. The van der Waals surface area contributed by atoms with E-state index in [0.717, 1.165) is 32.5 Å². The number of nitrogens with one attached hydrogen (secondary N) is 1. The Labute approximate surface area is 214 Å². The van der Waals surface area contributed by atoms with Crippen LogP contribution < -0.4 is 5.32 Å². The van der Waals surface area contributed by atoms with Gasteiger partial charge in [0, 0.05) is 12.7 Å². The van der Waals surface area contributed by atoms with Crippen LogP contribution in [0.15, 0.2) is 24.3 Å². The molecule has 3 saturated heterocycles. The normalized spacial score (nSPS) is 25.9. The van der Waals surface area contributed by atoms with Gasteiger partial charge in [0.2, 0.25) is 5.91 Å². The number of likely N-dealkylation sites (tertiary alicyclic amines) is 2. The number of hydrogen-bond acceptors (Lipinski definition) is 6. The van der Waals surface area contributed by atoms with Crippen LogP contribution in [0.2, 0.25) is 0 Å². The number of benzene rings is 1. The van der Waals surface area contributed by atoms with Crippen molar-refractivity contribution in [2.45, 2.75) is 76.7 Å². The van der Waals surface area contributed by atoms with Gasteiger partial charge in [0.25, 0.3) is 5.91 Å². The topological polar surface area (TPSA) is 88.2 Å². The van der Waals surface area contributed by atoms with Crippen LogP contribution in [0, 0.1) is 5.92 Å². The number of ketones is 1. The van der Waals surface area contributed by atoms with E-state index in [4.69, 9.17) is 9.47 Å². The third kappa shape index (κ3) is 5.82. The molecular weight excluding hydrogens is 458 g/mol. The summed E-state index contributed by atoms with van der Waals surface area (Å²) in [7, 11) is 1.56. The zero-order chi connectivity index (χ0) is 25.8. The van der Waals surface area contributed by atoms with Gasteiger partial charge in [-0.05, 0) is 74.8 Å². The molecule has 8 heteroatoms. The van der Waals surface area contributed by atoms with E-state index >= 15 is 0 Å². The molecule has 1 aromatic carbocycles. The maximum Gasteiger partial charge on any atom is 0.251 e. The minimum absolute atomic E-state index is 0.00976. The zero-order valence-electron chi connectivity index (χ0n) is 22.1. The molecule has 0 saturated carbocycles. The highest BCUT2D eigenvalue weighted by atomic mass is 16.5. The third-order valence-corrected chi connectivity index (χ3v) is 7.81. The van der Waals surface area contributed by atoms with Crippen LogP contribution in [0.1, 0.15) is 68.3 Å². The lowest BCUT2D eigenvalue weighted by atomic mass is 9.89. The fourth-order valence-electron chi connectivity index (χ4n) is 5.89. The summed E-state index contributed by atoms with van der Waals surface area (Å²) in [5.74, 6) is 0.0757. The largest absolute Gasteiger partial charge is 0.377 e. The Kier molecular flexibility index (Phi) is 8.80. The first-order chi connectivity index (χ1) is 17.3. The Morgan fingerprint density at radius 1 is 1.17 bits per heavy atom. The Morgan fingerprint density at radius 2 is 1.86 bits per heavy atom. The second-order valence-corrected chi connectivity index (χ2v) is 10.8. The van der Waals surface area contributed by atoms with E-state index in [0.29, 0.717) is 17.9 Å². The van der Waals surface area contributed by atoms with E-state index in [9.17, 15) is 14.4 Å². The molecule has 3 aliphatic rings. The molecule has 1 aromatic rings. The lowest BCUT2D eigenvalue weighted by Crippen LogP contribution is -2.52. The number of carbonyl (C=O) groups excluding carboxylic acids is 3. The quantitative estimate of drug-likeness (QED) is 0.562. The summed E-state index contributed by atoms with van der Waals surface area (Å²) in [5, 5.41) is 2.96. The molecule has 1 N–H and O–H groups in total. The highest BCUT2D eigenvalue weighted by Crippen LogP contribution is 2.31. The van der Waals surface area contributed by atoms with Crippen LogP contribution in [0.3, 0.4) is 0 Å². The second-order valence-electron chi connectivity index (χ2n) is 10.8. The minimum Gasteiger partial charge on any atom is -0.377 e. The molecule has 3 aliphatic heterocycles. The second kappa shape index (κ2) is 11.8. The van der Waals surface area contributed by atoms with Gasteiger partial charge in [-0.25, -0.2) is 0 Å². The van der Waals surface area contributed by atoms with Gasteiger partial charge in [0.05, 0.1) is 6.54 Å². The molecule has 8 nitrogen and oxygen atoms in total. The Hall–Kier alpha value is -2.29. The number of Topliss-reactive ketones (excluding diaryl/α,β-unsaturated/α-hetero) is 1. The molecule has 0 aliphatic carbocycles. The minimum atomic E-state index is -0.718. The molecule has 36 heavy (non-hydrogen) atoms. The summed E-state index contributed by atoms with van der Waals surface area (Å²) in [6.07, 6.45) is 3.16. The number of fused-ring (bicyclic) bond motifs is 1. The smallest absolute Gasteiger partial charge is 0.251 e. The van der Waals surface area contributed by atoms with E-state index in [-0.39, 0.29) is 42.8 Å². The SMILES string of the molecule is CCCN1CCC(c2ccc(C(=O)NC(CC(C)C)C(=O)N3C[C@@H](OC)[C@H]4OCC(=O)[C@H]43)cc2)CC1. The van der Waals surface area contributed by atoms with Gasteiger partial charge < -0.3 is 24.6 Å². The van der Waals surface area contributed by atoms with Crippen molar-refractivity contribution in [3.63, 3.8) is 0 Å². The average molecular weight is 500 g/mol. The zero-order valence-corrected chi connectivity index (χ0v) is 22.1. The molecule has 0 radical (unpaired) electrons. The standard InChI is InChI=1S/C28H41N3O5/c1-5-12-30-13-10-20(11-14-30)19-6-8-21(9-7-19)27(33)29-22(15-18(2)3)28(34)31-16-24(35-4)26-25(31)23(32)17-36-26/h6-9,18,20,22,24-26H,5,10-17H2,1-4H3,(H,29,33)/t22?,24-,25-,26-/m1/s1. The predicted molar refractivity (Wildman–Crippen MR) is 137 cm³/mol. The molecule has 0 aromatic heterocycles. The molecule has 3 fully saturated rings. The van der Waals surface area contributed by atoms with Gasteiger partial charge in [-0.3, -0.25) is 14.4 Å². The van der Waals surface area contributed by atoms with Gasteiger partial charge in [-0.2, -0.15) is 0 Å². The number of ether oxygens (including phenoxy) is 2. The summed E-state index contributed by atoms with van der Waals surface area (Å²) in [6, 6.07) is 6.47. The molecule has 0 spiro atoms. The molecule has 4 atom stereocenters. The Morgan fingerprint density at radius 3 is 2.47 bits per heavy atom. The maximum absolute atomic E-state index is 13.6. The molecule has 4 rings (SSSR count). The van der Waals surface area contributed by atoms with Crippen molar-refractivity contribution in [3.8, 4) is 0 Å². The van der Waals surface area contributed by atoms with Crippen molar-refractivity contribution in [2.24, 2.45) is 5.92 Å². The Balaban J connectivity index is 1.41. The summed E-state index contributed by atoms with van der Waals surface area (Å²) in [6.45, 7) is 9.93. The van der Waals surface area contributed by atoms with Gasteiger partial charge in [0.15, 0.2) is 5.78 Å². The van der Waals surface area contributed by atoms with E-state index < -0.39 is 18.2 Å². The van der Waals surface area contributed by atoms with Crippen molar-refractivity contribution >= 4 is 17.6 Å². The average Bonchev–Trinajstić information content (AvgIpc) is 3.44. The van der Waals surface area contributed by atoms with Crippen molar-refractivity contribution in [1.82, 2.24) is 15.1 Å². The van der Waals surface area contributed by atoms with Crippen LogP contribution in [0.5, 0.6) is 0 Å². The van der Waals surface area contributed by atoms with Gasteiger partial charge in [0.1, 0.15) is 30.9 Å². The number of piperidine rings is 1. The first-order valence-electron chi connectivity index (χ1n) is 13.4. The van der Waals surface area contributed by atoms with Crippen molar-refractivity contribution < 1.29 is 23.9 Å². The number of carbonyl (C=O) groups is 3.